The number of alkyl carbamates (subject to hydrolysis) is 1. The smallest absolute Gasteiger partial charge is 0.407 e. The predicted octanol–water partition coefficient (Wildman–Crippen LogP) is 3.88. The zero-order valence-electron chi connectivity index (χ0n) is 21.3. The van der Waals surface area contributed by atoms with Crippen LogP contribution in [0.25, 0.3) is 5.65 Å². The molecule has 198 valence electrons. The monoisotopic (exact) mass is 515 g/mol. The number of carbonyl (C=O) groups is 2. The summed E-state index contributed by atoms with van der Waals surface area (Å²) in [6.07, 6.45) is 1.97. The van der Waals surface area contributed by atoms with Crippen LogP contribution in [0.5, 0.6) is 11.5 Å². The summed E-state index contributed by atoms with van der Waals surface area (Å²) in [5, 5.41) is 10.0. The largest absolute Gasteiger partial charge is 0.486 e. The van der Waals surface area contributed by atoms with Crippen LogP contribution in [-0.4, -0.2) is 58.1 Å². The normalized spacial score (nSPS) is 15.7. The van der Waals surface area contributed by atoms with Crippen LogP contribution in [0.3, 0.4) is 0 Å². The summed E-state index contributed by atoms with van der Waals surface area (Å²) in [4.78, 5) is 28.7. The number of hydrogen-bond donors (Lipinski definition) is 2. The van der Waals surface area contributed by atoms with E-state index in [1.807, 2.05) is 6.92 Å². The number of rotatable bonds is 7. The van der Waals surface area contributed by atoms with Crippen molar-refractivity contribution < 1.29 is 32.9 Å². The number of carbonyl (C=O) groups excluding carboxylic acids is 2. The molecule has 2 N–H and O–H groups in total. The van der Waals surface area contributed by atoms with Crippen molar-refractivity contribution in [3.63, 3.8) is 0 Å². The third-order valence-electron chi connectivity index (χ3n) is 5.33. The number of halogens is 1. The molecule has 0 fully saturated rings. The molecule has 2 aromatic heterocycles. The van der Waals surface area contributed by atoms with Crippen molar-refractivity contribution in [1.29, 1.82) is 0 Å². The third kappa shape index (κ3) is 6.19. The summed E-state index contributed by atoms with van der Waals surface area (Å²) in [6, 6.07) is 3.83. The van der Waals surface area contributed by atoms with E-state index >= 15 is 0 Å². The topological polar surface area (TPSA) is 125 Å². The van der Waals surface area contributed by atoms with E-state index in [-0.39, 0.29) is 31.1 Å². The SMILES string of the molecule is CCOC(=O)c1cnn2ccc(N[C@H](C)c3cc(F)cc4c3O[C@H](CNC(=O)OC(C)(C)C)CO4)nc12. The summed E-state index contributed by atoms with van der Waals surface area (Å²) in [5.41, 5.74) is 0.429. The lowest BCUT2D eigenvalue weighted by Crippen LogP contribution is -2.42. The van der Waals surface area contributed by atoms with Crippen LogP contribution in [0.2, 0.25) is 0 Å². The zero-order chi connectivity index (χ0) is 26.7. The number of ether oxygens (including phenoxy) is 4. The van der Waals surface area contributed by atoms with Crippen molar-refractivity contribution in [3.05, 3.63) is 47.5 Å². The van der Waals surface area contributed by atoms with Gasteiger partial charge in [0.25, 0.3) is 0 Å². The lowest BCUT2D eigenvalue weighted by atomic mass is 10.1. The van der Waals surface area contributed by atoms with Crippen molar-refractivity contribution in [3.8, 4) is 11.5 Å². The van der Waals surface area contributed by atoms with Crippen LogP contribution < -0.4 is 20.1 Å². The number of nitrogens with zero attached hydrogens (tertiary/aromatic N) is 3. The number of benzene rings is 1. The van der Waals surface area contributed by atoms with E-state index in [4.69, 9.17) is 18.9 Å². The Morgan fingerprint density at radius 2 is 2.11 bits per heavy atom. The average molecular weight is 516 g/mol. The maximum Gasteiger partial charge on any atom is 0.407 e. The number of aromatic nitrogens is 3. The molecule has 1 aliphatic rings. The summed E-state index contributed by atoms with van der Waals surface area (Å²) < 4.78 is 38.1. The average Bonchev–Trinajstić information content (AvgIpc) is 3.24. The summed E-state index contributed by atoms with van der Waals surface area (Å²) >= 11 is 0. The molecule has 0 saturated carbocycles. The summed E-state index contributed by atoms with van der Waals surface area (Å²) in [7, 11) is 0. The molecule has 2 atom stereocenters. The van der Waals surface area contributed by atoms with E-state index < -0.39 is 35.6 Å². The van der Waals surface area contributed by atoms with E-state index in [9.17, 15) is 14.0 Å². The predicted molar refractivity (Wildman–Crippen MR) is 132 cm³/mol. The molecule has 4 rings (SSSR count). The van der Waals surface area contributed by atoms with Crippen molar-refractivity contribution in [1.82, 2.24) is 19.9 Å². The van der Waals surface area contributed by atoms with Gasteiger partial charge in [-0.25, -0.2) is 23.5 Å². The fraction of sp³-hybridized carbons (Fsp3) is 0.440. The molecule has 1 aromatic carbocycles. The second-order valence-corrected chi connectivity index (χ2v) is 9.48. The Labute approximate surface area is 213 Å². The molecule has 3 aromatic rings. The van der Waals surface area contributed by atoms with Crippen LogP contribution in [-0.2, 0) is 9.47 Å². The molecule has 1 amide bonds. The molecule has 1 aliphatic heterocycles. The first kappa shape index (κ1) is 26.0. The van der Waals surface area contributed by atoms with Gasteiger partial charge in [-0.05, 0) is 46.8 Å². The minimum atomic E-state index is -0.628. The highest BCUT2D eigenvalue weighted by Gasteiger charge is 2.28. The lowest BCUT2D eigenvalue weighted by Gasteiger charge is -2.30. The molecular formula is C25H30FN5O6. The van der Waals surface area contributed by atoms with Crippen molar-refractivity contribution in [2.75, 3.05) is 25.1 Å². The molecule has 0 spiro atoms. The molecule has 3 heterocycles. The molecule has 0 saturated heterocycles. The van der Waals surface area contributed by atoms with Gasteiger partial charge in [0.2, 0.25) is 0 Å². The molecule has 12 heteroatoms. The number of amides is 1. The highest BCUT2D eigenvalue weighted by Crippen LogP contribution is 2.40. The molecule has 0 radical (unpaired) electrons. The third-order valence-corrected chi connectivity index (χ3v) is 5.33. The maximum absolute atomic E-state index is 14.4. The van der Waals surface area contributed by atoms with Crippen molar-refractivity contribution in [2.24, 2.45) is 0 Å². The van der Waals surface area contributed by atoms with Gasteiger partial charge in [0.15, 0.2) is 23.3 Å². The minimum Gasteiger partial charge on any atom is -0.486 e. The maximum atomic E-state index is 14.4. The quantitative estimate of drug-likeness (QED) is 0.451. The number of anilines is 1. The van der Waals surface area contributed by atoms with Gasteiger partial charge in [-0.1, -0.05) is 0 Å². The van der Waals surface area contributed by atoms with E-state index in [0.717, 1.165) is 0 Å². The van der Waals surface area contributed by atoms with Gasteiger partial charge >= 0.3 is 12.1 Å². The fourth-order valence-corrected chi connectivity index (χ4v) is 3.74. The van der Waals surface area contributed by atoms with Gasteiger partial charge in [0.05, 0.1) is 25.4 Å². The standard InChI is InChI=1S/C25H30FN5O6/c1-6-34-23(32)18-12-28-31-8-7-20(30-22(18)31)29-14(2)17-9-15(26)10-19-21(17)36-16(13-35-19)11-27-24(33)37-25(3,4)5/h7-10,12,14,16H,6,11,13H2,1-5H3,(H,27,33)(H,29,30)/t14-,16-/m1/s1. The van der Waals surface area contributed by atoms with Crippen LogP contribution in [0.4, 0.5) is 15.0 Å². The van der Waals surface area contributed by atoms with Crippen LogP contribution >= 0.6 is 0 Å². The van der Waals surface area contributed by atoms with Gasteiger partial charge in [-0.3, -0.25) is 0 Å². The zero-order valence-corrected chi connectivity index (χ0v) is 21.3. The minimum absolute atomic E-state index is 0.129. The van der Waals surface area contributed by atoms with E-state index in [1.54, 1.807) is 40.0 Å². The van der Waals surface area contributed by atoms with Crippen molar-refractivity contribution in [2.45, 2.75) is 52.4 Å². The second kappa shape index (κ2) is 10.5. The van der Waals surface area contributed by atoms with Gasteiger partial charge in [0.1, 0.15) is 29.4 Å². The Morgan fingerprint density at radius 1 is 1.32 bits per heavy atom. The second-order valence-electron chi connectivity index (χ2n) is 9.48. The molecule has 11 nitrogen and oxygen atoms in total. The van der Waals surface area contributed by atoms with Gasteiger partial charge in [0, 0.05) is 17.8 Å². The van der Waals surface area contributed by atoms with Crippen molar-refractivity contribution >= 4 is 23.5 Å². The summed E-state index contributed by atoms with van der Waals surface area (Å²) in [6.45, 7) is 9.35. The number of esters is 1. The fourth-order valence-electron chi connectivity index (χ4n) is 3.74. The number of nitrogens with one attached hydrogen (secondary N) is 2. The van der Waals surface area contributed by atoms with Gasteiger partial charge in [-0.15, -0.1) is 0 Å². The van der Waals surface area contributed by atoms with E-state index in [2.05, 4.69) is 20.7 Å². The molecule has 0 bridgehead atoms. The highest BCUT2D eigenvalue weighted by atomic mass is 19.1. The Kier molecular flexibility index (Phi) is 7.37. The Bertz CT molecular complexity index is 1300. The molecule has 0 aliphatic carbocycles. The summed E-state index contributed by atoms with van der Waals surface area (Å²) in [5.74, 6) is 0.0530. The lowest BCUT2D eigenvalue weighted by molar-refractivity contribution is 0.0449. The van der Waals surface area contributed by atoms with E-state index in [0.29, 0.717) is 22.8 Å². The number of hydrogen-bond acceptors (Lipinski definition) is 9. The van der Waals surface area contributed by atoms with E-state index in [1.165, 1.54) is 22.8 Å². The van der Waals surface area contributed by atoms with Crippen LogP contribution in [0.15, 0.2) is 30.6 Å². The Morgan fingerprint density at radius 3 is 2.84 bits per heavy atom. The molecule has 37 heavy (non-hydrogen) atoms. The van der Waals surface area contributed by atoms with Crippen LogP contribution in [0.1, 0.15) is 56.6 Å². The van der Waals surface area contributed by atoms with Gasteiger partial charge < -0.3 is 29.6 Å². The first-order valence-corrected chi connectivity index (χ1v) is 11.9. The van der Waals surface area contributed by atoms with Gasteiger partial charge in [-0.2, -0.15) is 5.10 Å². The highest BCUT2D eigenvalue weighted by molar-refractivity contribution is 5.95. The first-order valence-electron chi connectivity index (χ1n) is 11.9. The molecular weight excluding hydrogens is 485 g/mol. The first-order chi connectivity index (χ1) is 17.5. The Balaban J connectivity index is 1.51. The number of fused-ring (bicyclic) bond motifs is 2. The Hall–Kier alpha value is -4.09. The van der Waals surface area contributed by atoms with Crippen LogP contribution in [0, 0.1) is 5.82 Å². The molecule has 0 unspecified atom stereocenters.